The standard InChI is InChI=1S/C20H25ClN4O4S/c1-16-12-17(28-11-10-24-6-8-25(9-7-24)15-23-22)14-18(13-16)29-30(26,27)20-5-3-2-4-19(20)21/h2-5,12-15H,6-11,22H2,1H3. The van der Waals surface area contributed by atoms with Crippen molar-refractivity contribution in [3.8, 4) is 11.5 Å². The van der Waals surface area contributed by atoms with Crippen molar-refractivity contribution in [3.63, 3.8) is 0 Å². The monoisotopic (exact) mass is 452 g/mol. The van der Waals surface area contributed by atoms with Crippen LogP contribution in [-0.2, 0) is 10.1 Å². The molecule has 0 aliphatic carbocycles. The van der Waals surface area contributed by atoms with Crippen LogP contribution in [0.25, 0.3) is 0 Å². The number of hydrazone groups is 1. The fourth-order valence-corrected chi connectivity index (χ4v) is 4.56. The van der Waals surface area contributed by atoms with Crippen LogP contribution in [0, 0.1) is 6.92 Å². The maximum atomic E-state index is 12.6. The summed E-state index contributed by atoms with van der Waals surface area (Å²) < 4.78 is 36.3. The van der Waals surface area contributed by atoms with E-state index in [1.807, 2.05) is 13.0 Å². The lowest BCUT2D eigenvalue weighted by atomic mass is 10.2. The Bertz CT molecular complexity index is 992. The minimum Gasteiger partial charge on any atom is -0.492 e. The molecule has 0 bridgehead atoms. The Balaban J connectivity index is 1.58. The third kappa shape index (κ3) is 6.01. The molecule has 0 radical (unpaired) electrons. The van der Waals surface area contributed by atoms with E-state index in [0.717, 1.165) is 38.3 Å². The zero-order valence-electron chi connectivity index (χ0n) is 16.7. The molecule has 0 atom stereocenters. The van der Waals surface area contributed by atoms with Crippen LogP contribution in [0.4, 0.5) is 0 Å². The van der Waals surface area contributed by atoms with E-state index in [4.69, 9.17) is 26.4 Å². The van der Waals surface area contributed by atoms with Crippen LogP contribution in [-0.4, -0.2) is 63.9 Å². The first-order valence-corrected chi connectivity index (χ1v) is 11.3. The summed E-state index contributed by atoms with van der Waals surface area (Å²) in [5, 5.41) is 3.66. The van der Waals surface area contributed by atoms with Crippen molar-refractivity contribution in [2.24, 2.45) is 10.9 Å². The summed E-state index contributed by atoms with van der Waals surface area (Å²) in [6.45, 7) is 6.61. The number of hydrogen-bond acceptors (Lipinski definition) is 7. The van der Waals surface area contributed by atoms with Gasteiger partial charge in [0.05, 0.1) is 5.02 Å². The van der Waals surface area contributed by atoms with Crippen molar-refractivity contribution in [3.05, 3.63) is 53.1 Å². The highest BCUT2D eigenvalue weighted by molar-refractivity contribution is 7.87. The molecule has 0 saturated carbocycles. The van der Waals surface area contributed by atoms with Crippen molar-refractivity contribution in [1.82, 2.24) is 9.80 Å². The lowest BCUT2D eigenvalue weighted by Crippen LogP contribution is -2.46. The molecule has 0 unspecified atom stereocenters. The number of nitrogens with two attached hydrogens (primary N) is 1. The molecule has 162 valence electrons. The molecule has 0 spiro atoms. The van der Waals surface area contributed by atoms with Crippen molar-refractivity contribution in [2.75, 3.05) is 39.3 Å². The summed E-state index contributed by atoms with van der Waals surface area (Å²) in [6, 6.07) is 11.2. The Labute approximate surface area is 181 Å². The molecule has 8 nitrogen and oxygen atoms in total. The van der Waals surface area contributed by atoms with Gasteiger partial charge in [0.1, 0.15) is 29.3 Å². The molecule has 2 N–H and O–H groups in total. The number of benzene rings is 2. The SMILES string of the molecule is Cc1cc(OCCN2CCN(C=NN)CC2)cc(OS(=O)(=O)c2ccccc2Cl)c1. The minimum absolute atomic E-state index is 0.0746. The highest BCUT2D eigenvalue weighted by atomic mass is 35.5. The maximum Gasteiger partial charge on any atom is 0.340 e. The van der Waals surface area contributed by atoms with E-state index in [0.29, 0.717) is 12.4 Å². The first-order valence-electron chi connectivity index (χ1n) is 9.51. The van der Waals surface area contributed by atoms with Crippen LogP contribution in [0.5, 0.6) is 11.5 Å². The summed E-state index contributed by atoms with van der Waals surface area (Å²) in [4.78, 5) is 4.28. The van der Waals surface area contributed by atoms with Crippen molar-refractivity contribution < 1.29 is 17.3 Å². The van der Waals surface area contributed by atoms with Crippen LogP contribution < -0.4 is 14.8 Å². The number of rotatable bonds is 8. The van der Waals surface area contributed by atoms with Gasteiger partial charge < -0.3 is 19.7 Å². The molecular formula is C20H25ClN4O4S. The maximum absolute atomic E-state index is 12.6. The molecule has 2 aromatic rings. The van der Waals surface area contributed by atoms with Crippen molar-refractivity contribution >= 4 is 28.1 Å². The van der Waals surface area contributed by atoms with Crippen LogP contribution in [0.2, 0.25) is 5.02 Å². The van der Waals surface area contributed by atoms with E-state index >= 15 is 0 Å². The fraction of sp³-hybridized carbons (Fsp3) is 0.350. The molecule has 3 rings (SSSR count). The average molecular weight is 453 g/mol. The third-order valence-electron chi connectivity index (χ3n) is 4.65. The molecule has 1 fully saturated rings. The zero-order chi connectivity index (χ0) is 21.6. The second kappa shape index (κ2) is 10.0. The topological polar surface area (TPSA) is 97.5 Å². The Hall–Kier alpha value is -2.49. The van der Waals surface area contributed by atoms with Crippen LogP contribution in [0.3, 0.4) is 0 Å². The molecule has 30 heavy (non-hydrogen) atoms. The Morgan fingerprint density at radius 2 is 1.83 bits per heavy atom. The first kappa shape index (κ1) is 22.2. The molecule has 0 aromatic heterocycles. The number of aryl methyl sites for hydroxylation is 1. The van der Waals surface area contributed by atoms with Crippen molar-refractivity contribution in [1.29, 1.82) is 0 Å². The van der Waals surface area contributed by atoms with E-state index < -0.39 is 10.1 Å². The zero-order valence-corrected chi connectivity index (χ0v) is 18.3. The van der Waals surface area contributed by atoms with E-state index in [1.165, 1.54) is 12.1 Å². The predicted molar refractivity (Wildman–Crippen MR) is 117 cm³/mol. The van der Waals surface area contributed by atoms with Crippen molar-refractivity contribution in [2.45, 2.75) is 11.8 Å². The lowest BCUT2D eigenvalue weighted by molar-refractivity contribution is 0.156. The van der Waals surface area contributed by atoms with E-state index in [2.05, 4.69) is 14.9 Å². The molecule has 1 saturated heterocycles. The van der Waals surface area contributed by atoms with Crippen LogP contribution in [0.1, 0.15) is 5.56 Å². The molecule has 10 heteroatoms. The van der Waals surface area contributed by atoms with E-state index in [-0.39, 0.29) is 15.7 Å². The van der Waals surface area contributed by atoms with Gasteiger partial charge in [-0.15, -0.1) is 0 Å². The fourth-order valence-electron chi connectivity index (χ4n) is 3.15. The summed E-state index contributed by atoms with van der Waals surface area (Å²) in [5.41, 5.74) is 0.826. The molecule has 2 aromatic carbocycles. The lowest BCUT2D eigenvalue weighted by Gasteiger charge is -2.33. The van der Waals surface area contributed by atoms with Gasteiger partial charge in [0, 0.05) is 38.8 Å². The second-order valence-electron chi connectivity index (χ2n) is 6.94. The Morgan fingerprint density at radius 3 is 2.53 bits per heavy atom. The van der Waals surface area contributed by atoms with E-state index in [9.17, 15) is 8.42 Å². The van der Waals surface area contributed by atoms with Gasteiger partial charge in [-0.05, 0) is 36.8 Å². The smallest absolute Gasteiger partial charge is 0.340 e. The molecule has 1 aliphatic heterocycles. The highest BCUT2D eigenvalue weighted by Crippen LogP contribution is 2.28. The number of piperazine rings is 1. The first-order chi connectivity index (χ1) is 14.4. The second-order valence-corrected chi connectivity index (χ2v) is 8.86. The van der Waals surface area contributed by atoms with Gasteiger partial charge in [0.15, 0.2) is 0 Å². The summed E-state index contributed by atoms with van der Waals surface area (Å²) in [6.07, 6.45) is 1.65. The normalized spacial score (nSPS) is 15.5. The van der Waals surface area contributed by atoms with Gasteiger partial charge in [0.25, 0.3) is 0 Å². The van der Waals surface area contributed by atoms with Gasteiger partial charge in [0.2, 0.25) is 0 Å². The Morgan fingerprint density at radius 1 is 1.13 bits per heavy atom. The number of hydrogen-bond donors (Lipinski definition) is 1. The molecule has 1 aliphatic rings. The van der Waals surface area contributed by atoms with E-state index in [1.54, 1.807) is 30.6 Å². The largest absolute Gasteiger partial charge is 0.492 e. The predicted octanol–water partition coefficient (Wildman–Crippen LogP) is 2.31. The van der Waals surface area contributed by atoms with Gasteiger partial charge >= 0.3 is 10.1 Å². The van der Waals surface area contributed by atoms with Gasteiger partial charge in [-0.25, -0.2) is 0 Å². The quantitative estimate of drug-likeness (QED) is 0.216. The summed E-state index contributed by atoms with van der Waals surface area (Å²) in [7, 11) is -4.05. The molecular weight excluding hydrogens is 428 g/mol. The summed E-state index contributed by atoms with van der Waals surface area (Å²) in [5.74, 6) is 5.91. The number of ether oxygens (including phenoxy) is 1. The molecule has 1 heterocycles. The van der Waals surface area contributed by atoms with Crippen LogP contribution >= 0.6 is 11.6 Å². The third-order valence-corrected chi connectivity index (χ3v) is 6.40. The van der Waals surface area contributed by atoms with Gasteiger partial charge in [-0.1, -0.05) is 23.7 Å². The number of halogens is 1. The Kier molecular flexibility index (Phi) is 7.41. The highest BCUT2D eigenvalue weighted by Gasteiger charge is 2.20. The van der Waals surface area contributed by atoms with Gasteiger partial charge in [-0.2, -0.15) is 13.5 Å². The average Bonchev–Trinajstić information content (AvgIpc) is 2.69. The minimum atomic E-state index is -4.05. The van der Waals surface area contributed by atoms with Gasteiger partial charge in [-0.3, -0.25) is 4.90 Å². The molecule has 0 amide bonds. The van der Waals surface area contributed by atoms with Crippen LogP contribution in [0.15, 0.2) is 52.5 Å². The summed E-state index contributed by atoms with van der Waals surface area (Å²) >= 11 is 6.00. The number of nitrogens with zero attached hydrogens (tertiary/aromatic N) is 3.